The van der Waals surface area contributed by atoms with Crippen LogP contribution >= 0.6 is 27.5 Å². The van der Waals surface area contributed by atoms with Crippen LogP contribution in [0.5, 0.6) is 0 Å². The Morgan fingerprint density at radius 2 is 2.05 bits per heavy atom. The van der Waals surface area contributed by atoms with E-state index in [0.717, 1.165) is 11.0 Å². The molecule has 2 nitrogen and oxygen atoms in total. The Morgan fingerprint density at radius 1 is 1.37 bits per heavy atom. The summed E-state index contributed by atoms with van der Waals surface area (Å²) in [6.45, 7) is 7.37. The highest BCUT2D eigenvalue weighted by atomic mass is 79.9. The average Bonchev–Trinajstić information content (AvgIpc) is 2.36. The summed E-state index contributed by atoms with van der Waals surface area (Å²) in [6.07, 6.45) is 1.18. The molecule has 104 valence electrons. The Bertz CT molecular complexity index is 491. The van der Waals surface area contributed by atoms with Crippen molar-refractivity contribution in [3.05, 3.63) is 33.3 Å². The van der Waals surface area contributed by atoms with Crippen LogP contribution in [0.1, 0.15) is 37.6 Å². The summed E-state index contributed by atoms with van der Waals surface area (Å²) in [5.74, 6) is 1.15. The molecule has 1 saturated heterocycles. The molecule has 0 bridgehead atoms. The van der Waals surface area contributed by atoms with Crippen LogP contribution in [0, 0.1) is 11.8 Å². The van der Waals surface area contributed by atoms with E-state index in [1.807, 2.05) is 11.0 Å². The maximum atomic E-state index is 12.7. The summed E-state index contributed by atoms with van der Waals surface area (Å²) in [7, 11) is 0. The highest BCUT2D eigenvalue weighted by Crippen LogP contribution is 2.30. The Hall–Kier alpha value is -0.540. The summed E-state index contributed by atoms with van der Waals surface area (Å²) in [6, 6.07) is 5.63. The second-order valence-electron chi connectivity index (χ2n) is 5.64. The molecule has 1 aliphatic rings. The standard InChI is InChI=1S/C15H19BrClNO/c1-9-6-10(2)11(3)18(8-9)15(19)13-7-12(17)4-5-14(13)16/h4-5,7,9-11H,6,8H2,1-3H3. The molecule has 1 aliphatic heterocycles. The van der Waals surface area contributed by atoms with Crippen LogP contribution in [0.3, 0.4) is 0 Å². The minimum atomic E-state index is 0.0697. The predicted octanol–water partition coefficient (Wildman–Crippen LogP) is 4.61. The number of likely N-dealkylation sites (tertiary alicyclic amines) is 1. The molecule has 1 aromatic rings. The lowest BCUT2D eigenvalue weighted by molar-refractivity contribution is 0.0455. The Kier molecular flexibility index (Phi) is 4.57. The van der Waals surface area contributed by atoms with Gasteiger partial charge in [-0.05, 0) is 59.3 Å². The van der Waals surface area contributed by atoms with Crippen molar-refractivity contribution in [1.82, 2.24) is 4.90 Å². The topological polar surface area (TPSA) is 20.3 Å². The van der Waals surface area contributed by atoms with E-state index in [0.29, 0.717) is 22.4 Å². The number of benzene rings is 1. The monoisotopic (exact) mass is 343 g/mol. The first-order valence-corrected chi connectivity index (χ1v) is 7.83. The van der Waals surface area contributed by atoms with Gasteiger partial charge < -0.3 is 4.90 Å². The molecule has 1 aromatic carbocycles. The first-order valence-electron chi connectivity index (χ1n) is 6.66. The van der Waals surface area contributed by atoms with E-state index in [-0.39, 0.29) is 11.9 Å². The zero-order valence-electron chi connectivity index (χ0n) is 11.5. The van der Waals surface area contributed by atoms with Crippen LogP contribution in [-0.4, -0.2) is 23.4 Å². The number of piperidine rings is 1. The summed E-state index contributed by atoms with van der Waals surface area (Å²) >= 11 is 9.44. The van der Waals surface area contributed by atoms with Crippen molar-refractivity contribution >= 4 is 33.4 Å². The van der Waals surface area contributed by atoms with Crippen molar-refractivity contribution in [2.24, 2.45) is 11.8 Å². The molecule has 0 aliphatic carbocycles. The SMILES string of the molecule is CC1CC(C)C(C)N(C(=O)c2cc(Cl)ccc2Br)C1. The molecule has 4 heteroatoms. The minimum absolute atomic E-state index is 0.0697. The Balaban J connectivity index is 2.30. The molecule has 1 amide bonds. The fourth-order valence-corrected chi connectivity index (χ4v) is 3.39. The van der Waals surface area contributed by atoms with E-state index in [4.69, 9.17) is 11.6 Å². The van der Waals surface area contributed by atoms with Crippen LogP contribution in [0.4, 0.5) is 0 Å². The van der Waals surface area contributed by atoms with Gasteiger partial charge in [-0.3, -0.25) is 4.79 Å². The van der Waals surface area contributed by atoms with Gasteiger partial charge in [-0.2, -0.15) is 0 Å². The lowest BCUT2D eigenvalue weighted by atomic mass is 9.85. The molecule has 1 heterocycles. The highest BCUT2D eigenvalue weighted by Gasteiger charge is 2.32. The molecular formula is C15H19BrClNO. The van der Waals surface area contributed by atoms with Gasteiger partial charge in [0.05, 0.1) is 5.56 Å². The third kappa shape index (κ3) is 3.14. The Labute approximate surface area is 128 Å². The first kappa shape index (κ1) is 14.9. The summed E-state index contributed by atoms with van der Waals surface area (Å²) in [5, 5.41) is 0.595. The van der Waals surface area contributed by atoms with Crippen LogP contribution in [0.25, 0.3) is 0 Å². The van der Waals surface area contributed by atoms with E-state index in [9.17, 15) is 4.79 Å². The summed E-state index contributed by atoms with van der Waals surface area (Å²) < 4.78 is 0.806. The number of nitrogens with zero attached hydrogens (tertiary/aromatic N) is 1. The van der Waals surface area contributed by atoms with Crippen LogP contribution in [-0.2, 0) is 0 Å². The van der Waals surface area contributed by atoms with Crippen molar-refractivity contribution in [1.29, 1.82) is 0 Å². The zero-order valence-corrected chi connectivity index (χ0v) is 13.8. The van der Waals surface area contributed by atoms with Gasteiger partial charge in [0, 0.05) is 22.1 Å². The van der Waals surface area contributed by atoms with Crippen LogP contribution < -0.4 is 0 Å². The quantitative estimate of drug-likeness (QED) is 0.728. The number of carbonyl (C=O) groups is 1. The lowest BCUT2D eigenvalue weighted by Gasteiger charge is -2.41. The largest absolute Gasteiger partial charge is 0.335 e. The molecule has 0 N–H and O–H groups in total. The lowest BCUT2D eigenvalue weighted by Crippen LogP contribution is -2.48. The van der Waals surface area contributed by atoms with E-state index in [1.54, 1.807) is 12.1 Å². The molecule has 3 unspecified atom stereocenters. The highest BCUT2D eigenvalue weighted by molar-refractivity contribution is 9.10. The van der Waals surface area contributed by atoms with E-state index in [1.165, 1.54) is 6.42 Å². The predicted molar refractivity (Wildman–Crippen MR) is 82.6 cm³/mol. The van der Waals surface area contributed by atoms with Crippen molar-refractivity contribution in [3.63, 3.8) is 0 Å². The van der Waals surface area contributed by atoms with E-state index in [2.05, 4.69) is 36.7 Å². The van der Waals surface area contributed by atoms with Crippen LogP contribution in [0.2, 0.25) is 5.02 Å². The molecular weight excluding hydrogens is 326 g/mol. The Morgan fingerprint density at radius 3 is 2.74 bits per heavy atom. The average molecular weight is 345 g/mol. The molecule has 1 fully saturated rings. The fourth-order valence-electron chi connectivity index (χ4n) is 2.80. The van der Waals surface area contributed by atoms with Crippen LogP contribution in [0.15, 0.2) is 22.7 Å². The molecule has 2 rings (SSSR count). The van der Waals surface area contributed by atoms with Gasteiger partial charge in [-0.25, -0.2) is 0 Å². The number of carbonyl (C=O) groups excluding carboxylic acids is 1. The van der Waals surface area contributed by atoms with Gasteiger partial charge in [-0.15, -0.1) is 0 Å². The van der Waals surface area contributed by atoms with Crippen molar-refractivity contribution in [3.8, 4) is 0 Å². The maximum Gasteiger partial charge on any atom is 0.255 e. The van der Waals surface area contributed by atoms with Gasteiger partial charge in [0.25, 0.3) is 5.91 Å². The third-order valence-corrected chi connectivity index (χ3v) is 4.94. The van der Waals surface area contributed by atoms with Gasteiger partial charge in [0.2, 0.25) is 0 Å². The number of rotatable bonds is 1. The number of hydrogen-bond acceptors (Lipinski definition) is 1. The molecule has 0 radical (unpaired) electrons. The minimum Gasteiger partial charge on any atom is -0.335 e. The smallest absolute Gasteiger partial charge is 0.255 e. The third-order valence-electron chi connectivity index (χ3n) is 4.02. The van der Waals surface area contributed by atoms with Crippen molar-refractivity contribution in [2.45, 2.75) is 33.2 Å². The molecule has 0 spiro atoms. The second kappa shape index (κ2) is 5.84. The molecule has 3 atom stereocenters. The van der Waals surface area contributed by atoms with E-state index >= 15 is 0 Å². The van der Waals surface area contributed by atoms with E-state index < -0.39 is 0 Å². The van der Waals surface area contributed by atoms with Gasteiger partial charge in [-0.1, -0.05) is 25.4 Å². The van der Waals surface area contributed by atoms with Crippen molar-refractivity contribution < 1.29 is 4.79 Å². The van der Waals surface area contributed by atoms with Gasteiger partial charge >= 0.3 is 0 Å². The molecule has 0 saturated carbocycles. The number of amides is 1. The van der Waals surface area contributed by atoms with Crippen molar-refractivity contribution in [2.75, 3.05) is 6.54 Å². The summed E-state index contributed by atoms with van der Waals surface area (Å²) in [4.78, 5) is 14.7. The fraction of sp³-hybridized carbons (Fsp3) is 0.533. The maximum absolute atomic E-state index is 12.7. The number of halogens is 2. The summed E-state index contributed by atoms with van der Waals surface area (Å²) in [5.41, 5.74) is 0.653. The first-order chi connectivity index (χ1) is 8.90. The normalized spacial score (nSPS) is 27.4. The van der Waals surface area contributed by atoms with Gasteiger partial charge in [0.1, 0.15) is 0 Å². The molecule has 19 heavy (non-hydrogen) atoms. The zero-order chi connectivity index (χ0) is 14.2. The number of hydrogen-bond donors (Lipinski definition) is 0. The second-order valence-corrected chi connectivity index (χ2v) is 6.93. The van der Waals surface area contributed by atoms with Gasteiger partial charge in [0.15, 0.2) is 0 Å². The molecule has 0 aromatic heterocycles.